The second kappa shape index (κ2) is 9.09. The van der Waals surface area contributed by atoms with Crippen molar-refractivity contribution in [2.24, 2.45) is 4.99 Å². The molecule has 6 heteroatoms. The number of nitrogens with one attached hydrogen (secondary N) is 1. The molecular weight excluding hydrogens is 382 g/mol. The largest absolute Gasteiger partial charge is 0.326 e. The Kier molecular flexibility index (Phi) is 6.54. The van der Waals surface area contributed by atoms with Crippen molar-refractivity contribution in [1.29, 1.82) is 0 Å². The molecule has 1 atom stereocenters. The molecule has 1 aliphatic heterocycles. The number of aliphatic imine (C=N–C) groups is 1. The molecule has 0 unspecified atom stereocenters. The Morgan fingerprint density at radius 2 is 1.90 bits per heavy atom. The third-order valence-corrected chi connectivity index (χ3v) is 5.85. The van der Waals surface area contributed by atoms with E-state index in [9.17, 15) is 9.59 Å². The summed E-state index contributed by atoms with van der Waals surface area (Å²) in [4.78, 5) is 31.8. The van der Waals surface area contributed by atoms with E-state index in [4.69, 9.17) is 0 Å². The zero-order valence-electron chi connectivity index (χ0n) is 16.9. The van der Waals surface area contributed by atoms with Gasteiger partial charge in [-0.15, -0.1) is 6.58 Å². The van der Waals surface area contributed by atoms with E-state index >= 15 is 0 Å². The van der Waals surface area contributed by atoms with Crippen molar-refractivity contribution >= 4 is 40.1 Å². The topological polar surface area (TPSA) is 61.8 Å². The summed E-state index contributed by atoms with van der Waals surface area (Å²) in [6.07, 6.45) is 1.76. The molecule has 0 saturated carbocycles. The summed E-state index contributed by atoms with van der Waals surface area (Å²) in [5, 5.41) is 3.07. The van der Waals surface area contributed by atoms with Gasteiger partial charge in [0, 0.05) is 18.7 Å². The lowest BCUT2D eigenvalue weighted by molar-refractivity contribution is -0.127. The zero-order valence-corrected chi connectivity index (χ0v) is 17.8. The minimum atomic E-state index is -0.497. The van der Waals surface area contributed by atoms with Crippen LogP contribution in [0, 0.1) is 20.8 Å². The lowest BCUT2D eigenvalue weighted by Gasteiger charge is -2.14. The van der Waals surface area contributed by atoms with Crippen LogP contribution in [0.1, 0.15) is 23.1 Å². The van der Waals surface area contributed by atoms with Gasteiger partial charge in [-0.3, -0.25) is 14.5 Å². The fourth-order valence-corrected chi connectivity index (χ4v) is 4.37. The molecule has 0 bridgehead atoms. The molecule has 1 fully saturated rings. The average molecular weight is 408 g/mol. The summed E-state index contributed by atoms with van der Waals surface area (Å²) < 4.78 is 0. The number of hydrogen-bond donors (Lipinski definition) is 1. The number of anilines is 1. The molecule has 1 saturated heterocycles. The quantitative estimate of drug-likeness (QED) is 0.703. The number of nitrogens with zero attached hydrogens (tertiary/aromatic N) is 2. The van der Waals surface area contributed by atoms with Crippen LogP contribution in [-0.4, -0.2) is 33.7 Å². The first-order valence-electron chi connectivity index (χ1n) is 9.49. The lowest BCUT2D eigenvalue weighted by atomic mass is 10.1. The number of amides is 2. The number of rotatable bonds is 6. The van der Waals surface area contributed by atoms with Gasteiger partial charge in [0.15, 0.2) is 5.17 Å². The van der Waals surface area contributed by atoms with Crippen molar-refractivity contribution in [3.8, 4) is 0 Å². The van der Waals surface area contributed by atoms with Gasteiger partial charge in [-0.1, -0.05) is 48.2 Å². The first-order chi connectivity index (χ1) is 13.9. The van der Waals surface area contributed by atoms with Crippen LogP contribution in [0.2, 0.25) is 0 Å². The molecule has 5 nitrogen and oxygen atoms in total. The summed E-state index contributed by atoms with van der Waals surface area (Å²) >= 11 is 1.33. The molecule has 150 valence electrons. The normalized spacial score (nSPS) is 17.6. The fourth-order valence-electron chi connectivity index (χ4n) is 3.20. The van der Waals surface area contributed by atoms with E-state index in [2.05, 4.69) is 16.9 Å². The van der Waals surface area contributed by atoms with Crippen LogP contribution in [0.4, 0.5) is 11.4 Å². The van der Waals surface area contributed by atoms with E-state index in [0.29, 0.717) is 11.7 Å². The number of thioether (sulfide) groups is 1. The van der Waals surface area contributed by atoms with Gasteiger partial charge in [-0.2, -0.15) is 0 Å². The lowest BCUT2D eigenvalue weighted by Crippen LogP contribution is -2.33. The van der Waals surface area contributed by atoms with E-state index in [1.165, 1.54) is 11.8 Å². The van der Waals surface area contributed by atoms with Crippen LogP contribution < -0.4 is 5.32 Å². The monoisotopic (exact) mass is 407 g/mol. The number of carbonyl (C=O) groups excluding carboxylic acids is 2. The molecule has 1 aliphatic rings. The number of para-hydroxylation sites is 1. The van der Waals surface area contributed by atoms with E-state index in [1.54, 1.807) is 11.0 Å². The van der Waals surface area contributed by atoms with Crippen molar-refractivity contribution < 1.29 is 9.59 Å². The summed E-state index contributed by atoms with van der Waals surface area (Å²) in [6.45, 7) is 10.0. The smallest absolute Gasteiger partial charge is 0.242 e. The minimum Gasteiger partial charge on any atom is -0.326 e. The Balaban J connectivity index is 1.77. The number of carbonyl (C=O) groups is 2. The minimum absolute atomic E-state index is 0.0950. The molecule has 0 radical (unpaired) electrons. The Morgan fingerprint density at radius 3 is 2.55 bits per heavy atom. The highest BCUT2D eigenvalue weighted by molar-refractivity contribution is 8.15. The van der Waals surface area contributed by atoms with Gasteiger partial charge in [0.1, 0.15) is 5.25 Å². The molecule has 0 aromatic heterocycles. The highest BCUT2D eigenvalue weighted by atomic mass is 32.2. The number of amidine groups is 1. The highest BCUT2D eigenvalue weighted by Crippen LogP contribution is 2.32. The first kappa shape index (κ1) is 20.9. The number of hydrogen-bond acceptors (Lipinski definition) is 4. The molecule has 2 aromatic carbocycles. The van der Waals surface area contributed by atoms with Crippen molar-refractivity contribution in [1.82, 2.24) is 4.90 Å². The molecule has 0 spiro atoms. The van der Waals surface area contributed by atoms with Gasteiger partial charge < -0.3 is 5.32 Å². The maximum Gasteiger partial charge on any atom is 0.242 e. The third kappa shape index (κ3) is 4.95. The van der Waals surface area contributed by atoms with Crippen LogP contribution in [0.15, 0.2) is 60.1 Å². The molecule has 0 aliphatic carbocycles. The zero-order chi connectivity index (χ0) is 21.0. The van der Waals surface area contributed by atoms with E-state index in [1.807, 2.05) is 63.2 Å². The van der Waals surface area contributed by atoms with Crippen LogP contribution in [0.5, 0.6) is 0 Å². The Bertz CT molecular complexity index is 964. The maximum atomic E-state index is 12.9. The molecule has 3 rings (SSSR count). The SMILES string of the molecule is C=CCN1C(=O)[C@@H](CC(=O)Nc2c(C)cccc2C)SC1=Nc1cccc(C)c1. The Morgan fingerprint density at radius 1 is 1.21 bits per heavy atom. The standard InChI is InChI=1S/C23H25N3O2S/c1-5-12-26-22(28)19(29-23(26)24-18-11-6-8-15(2)13-18)14-20(27)25-21-16(3)9-7-10-17(21)4/h5-11,13,19H,1,12,14H2,2-4H3,(H,25,27)/t19-/m1/s1. The average Bonchev–Trinajstić information content (AvgIpc) is 2.94. The van der Waals surface area contributed by atoms with Crippen LogP contribution in [0.25, 0.3) is 0 Å². The number of benzene rings is 2. The summed E-state index contributed by atoms with van der Waals surface area (Å²) in [5.74, 6) is -0.290. The van der Waals surface area contributed by atoms with Crippen LogP contribution >= 0.6 is 11.8 Å². The fraction of sp³-hybridized carbons (Fsp3) is 0.261. The molecular formula is C23H25N3O2S. The van der Waals surface area contributed by atoms with Gasteiger partial charge in [0.05, 0.1) is 5.69 Å². The molecule has 1 heterocycles. The van der Waals surface area contributed by atoms with Crippen LogP contribution in [0.3, 0.4) is 0 Å². The third-order valence-electron chi connectivity index (χ3n) is 4.67. The summed E-state index contributed by atoms with van der Waals surface area (Å²) in [7, 11) is 0. The van der Waals surface area contributed by atoms with Crippen molar-refractivity contribution in [2.75, 3.05) is 11.9 Å². The molecule has 2 aromatic rings. The Labute approximate surface area is 175 Å². The van der Waals surface area contributed by atoms with Gasteiger partial charge in [0.2, 0.25) is 11.8 Å². The van der Waals surface area contributed by atoms with Crippen molar-refractivity contribution in [2.45, 2.75) is 32.4 Å². The molecule has 1 N–H and O–H groups in total. The summed E-state index contributed by atoms with van der Waals surface area (Å²) in [5.41, 5.74) is 4.69. The highest BCUT2D eigenvalue weighted by Gasteiger charge is 2.38. The molecule has 29 heavy (non-hydrogen) atoms. The second-order valence-electron chi connectivity index (χ2n) is 7.10. The van der Waals surface area contributed by atoms with Crippen LogP contribution in [-0.2, 0) is 9.59 Å². The van der Waals surface area contributed by atoms with Gasteiger partial charge in [-0.25, -0.2) is 4.99 Å². The predicted octanol–water partition coefficient (Wildman–Crippen LogP) is 4.76. The van der Waals surface area contributed by atoms with Crippen molar-refractivity contribution in [3.05, 3.63) is 71.8 Å². The second-order valence-corrected chi connectivity index (χ2v) is 8.27. The van der Waals surface area contributed by atoms with Crippen molar-refractivity contribution in [3.63, 3.8) is 0 Å². The predicted molar refractivity (Wildman–Crippen MR) is 121 cm³/mol. The summed E-state index contributed by atoms with van der Waals surface area (Å²) in [6, 6.07) is 13.7. The molecule has 2 amide bonds. The van der Waals surface area contributed by atoms with E-state index in [0.717, 1.165) is 28.1 Å². The maximum absolute atomic E-state index is 12.9. The van der Waals surface area contributed by atoms with E-state index < -0.39 is 5.25 Å². The number of aryl methyl sites for hydroxylation is 3. The van der Waals surface area contributed by atoms with Gasteiger partial charge in [-0.05, 0) is 49.6 Å². The van der Waals surface area contributed by atoms with Gasteiger partial charge >= 0.3 is 0 Å². The van der Waals surface area contributed by atoms with Gasteiger partial charge in [0.25, 0.3) is 0 Å². The Hall–Kier alpha value is -2.86. The van der Waals surface area contributed by atoms with E-state index in [-0.39, 0.29) is 18.2 Å². The first-order valence-corrected chi connectivity index (χ1v) is 10.4.